The third-order valence-corrected chi connectivity index (χ3v) is 3.58. The highest BCUT2D eigenvalue weighted by Gasteiger charge is 2.23. The van der Waals surface area contributed by atoms with E-state index in [1.165, 1.54) is 0 Å². The Labute approximate surface area is 123 Å². The molecule has 20 heavy (non-hydrogen) atoms. The third kappa shape index (κ3) is 4.00. The predicted octanol–water partition coefficient (Wildman–Crippen LogP) is 0.801. The summed E-state index contributed by atoms with van der Waals surface area (Å²) in [6, 6.07) is 7.60. The summed E-state index contributed by atoms with van der Waals surface area (Å²) in [4.78, 5) is 13.4. The van der Waals surface area contributed by atoms with Gasteiger partial charge in [0.15, 0.2) is 0 Å². The molecule has 108 valence electrons. The molecule has 1 aromatic carbocycles. The zero-order valence-corrected chi connectivity index (χ0v) is 11.9. The van der Waals surface area contributed by atoms with Crippen LogP contribution in [0.15, 0.2) is 24.3 Å². The number of morpholine rings is 1. The molecule has 6 heteroatoms. The summed E-state index contributed by atoms with van der Waals surface area (Å²) in [6.07, 6.45) is -0.176. The zero-order chi connectivity index (χ0) is 14.5. The first-order valence-electron chi connectivity index (χ1n) is 6.48. The molecule has 1 atom stereocenters. The van der Waals surface area contributed by atoms with Gasteiger partial charge in [0, 0.05) is 19.6 Å². The smallest absolute Gasteiger partial charge is 0.307 e. The lowest BCUT2D eigenvalue weighted by Gasteiger charge is -2.32. The van der Waals surface area contributed by atoms with Crippen molar-refractivity contribution in [3.8, 4) is 0 Å². The Morgan fingerprint density at radius 1 is 1.45 bits per heavy atom. The summed E-state index contributed by atoms with van der Waals surface area (Å²) in [6.45, 7) is 2.71. The van der Waals surface area contributed by atoms with Crippen molar-refractivity contribution in [1.29, 1.82) is 0 Å². The number of benzene rings is 1. The van der Waals surface area contributed by atoms with Gasteiger partial charge < -0.3 is 15.6 Å². The molecule has 0 saturated carbocycles. The number of ether oxygens (including phenoxy) is 1. The third-order valence-electron chi connectivity index (χ3n) is 3.32. The Morgan fingerprint density at radius 3 is 2.80 bits per heavy atom. The lowest BCUT2D eigenvalue weighted by molar-refractivity contribution is -0.136. The average molecular weight is 294 g/mol. The standard InChI is InChI=1S/C14H18N2O3S/c15-14(20)12-9-16(5-6-19-12)8-11-4-2-1-3-10(11)7-13(17)18/h1-4,12H,5-9H2,(H2,15,20)(H,17,18). The van der Waals surface area contributed by atoms with Gasteiger partial charge in [-0.15, -0.1) is 0 Å². The van der Waals surface area contributed by atoms with Gasteiger partial charge in [0.25, 0.3) is 0 Å². The summed E-state index contributed by atoms with van der Waals surface area (Å²) in [5, 5.41) is 8.94. The van der Waals surface area contributed by atoms with E-state index < -0.39 is 5.97 Å². The van der Waals surface area contributed by atoms with Crippen molar-refractivity contribution >= 4 is 23.2 Å². The number of hydrogen-bond acceptors (Lipinski definition) is 4. The Balaban J connectivity index is 2.05. The lowest BCUT2D eigenvalue weighted by Crippen LogP contribution is -2.47. The normalized spacial score (nSPS) is 19.7. The fourth-order valence-electron chi connectivity index (χ4n) is 2.31. The Hall–Kier alpha value is -1.50. The number of carboxylic acids is 1. The summed E-state index contributed by atoms with van der Waals surface area (Å²) in [5.41, 5.74) is 7.49. The van der Waals surface area contributed by atoms with Crippen molar-refractivity contribution in [1.82, 2.24) is 4.90 Å². The second-order valence-electron chi connectivity index (χ2n) is 4.84. The summed E-state index contributed by atoms with van der Waals surface area (Å²) >= 11 is 4.96. The lowest BCUT2D eigenvalue weighted by atomic mass is 10.0. The quantitative estimate of drug-likeness (QED) is 0.782. The van der Waals surface area contributed by atoms with Gasteiger partial charge in [-0.05, 0) is 11.1 Å². The van der Waals surface area contributed by atoms with Crippen molar-refractivity contribution < 1.29 is 14.6 Å². The van der Waals surface area contributed by atoms with Crippen LogP contribution in [0.1, 0.15) is 11.1 Å². The molecule has 0 amide bonds. The largest absolute Gasteiger partial charge is 0.481 e. The van der Waals surface area contributed by atoms with Crippen LogP contribution < -0.4 is 5.73 Å². The van der Waals surface area contributed by atoms with Crippen LogP contribution in [-0.2, 0) is 22.5 Å². The molecule has 1 saturated heterocycles. The number of aliphatic carboxylic acids is 1. The summed E-state index contributed by atoms with van der Waals surface area (Å²) in [5.74, 6) is -0.819. The monoisotopic (exact) mass is 294 g/mol. The predicted molar refractivity (Wildman–Crippen MR) is 79.6 cm³/mol. The second-order valence-corrected chi connectivity index (χ2v) is 5.31. The van der Waals surface area contributed by atoms with E-state index in [0.717, 1.165) is 17.7 Å². The number of thiocarbonyl (C=S) groups is 1. The molecule has 0 bridgehead atoms. The molecule has 1 aromatic rings. The van der Waals surface area contributed by atoms with Gasteiger partial charge in [-0.25, -0.2) is 0 Å². The van der Waals surface area contributed by atoms with E-state index in [9.17, 15) is 4.79 Å². The first-order valence-corrected chi connectivity index (χ1v) is 6.89. The van der Waals surface area contributed by atoms with Gasteiger partial charge in [-0.2, -0.15) is 0 Å². The minimum Gasteiger partial charge on any atom is -0.481 e. The van der Waals surface area contributed by atoms with E-state index in [-0.39, 0.29) is 12.5 Å². The van der Waals surface area contributed by atoms with E-state index in [2.05, 4.69) is 4.90 Å². The maximum atomic E-state index is 10.9. The molecule has 0 radical (unpaired) electrons. The van der Waals surface area contributed by atoms with Gasteiger partial charge in [-0.3, -0.25) is 9.69 Å². The molecule has 1 aliphatic rings. The number of nitrogens with zero attached hydrogens (tertiary/aromatic N) is 1. The van der Waals surface area contributed by atoms with Crippen LogP contribution in [0, 0.1) is 0 Å². The Bertz CT molecular complexity index is 507. The van der Waals surface area contributed by atoms with Crippen LogP contribution in [0.2, 0.25) is 0 Å². The highest BCUT2D eigenvalue weighted by atomic mass is 32.1. The number of hydrogen-bond donors (Lipinski definition) is 2. The minimum absolute atomic E-state index is 0.0409. The van der Waals surface area contributed by atoms with E-state index in [1.807, 2.05) is 24.3 Å². The van der Waals surface area contributed by atoms with Crippen LogP contribution in [-0.4, -0.2) is 46.8 Å². The maximum Gasteiger partial charge on any atom is 0.307 e. The molecule has 0 spiro atoms. The number of rotatable bonds is 5. The van der Waals surface area contributed by atoms with Crippen molar-refractivity contribution in [3.63, 3.8) is 0 Å². The fraction of sp³-hybridized carbons (Fsp3) is 0.429. The van der Waals surface area contributed by atoms with E-state index in [0.29, 0.717) is 24.7 Å². The zero-order valence-electron chi connectivity index (χ0n) is 11.1. The molecular formula is C14H18N2O3S. The molecule has 1 heterocycles. The first-order chi connectivity index (χ1) is 9.56. The Kier molecular flexibility index (Phi) is 5.05. The van der Waals surface area contributed by atoms with Crippen LogP contribution in [0.4, 0.5) is 0 Å². The van der Waals surface area contributed by atoms with Crippen molar-refractivity contribution in [3.05, 3.63) is 35.4 Å². The van der Waals surface area contributed by atoms with Gasteiger partial charge in [0.1, 0.15) is 11.1 Å². The minimum atomic E-state index is -0.819. The fourth-order valence-corrected chi connectivity index (χ4v) is 2.45. The van der Waals surface area contributed by atoms with Gasteiger partial charge in [0.05, 0.1) is 13.0 Å². The maximum absolute atomic E-state index is 10.9. The first kappa shape index (κ1) is 14.9. The molecule has 2 rings (SSSR count). The van der Waals surface area contributed by atoms with Crippen molar-refractivity contribution in [2.75, 3.05) is 19.7 Å². The number of nitrogens with two attached hydrogens (primary N) is 1. The molecule has 0 aliphatic carbocycles. The molecule has 1 unspecified atom stereocenters. The molecule has 1 aliphatic heterocycles. The van der Waals surface area contributed by atoms with Crippen LogP contribution >= 0.6 is 12.2 Å². The molecular weight excluding hydrogens is 276 g/mol. The molecule has 1 fully saturated rings. The topological polar surface area (TPSA) is 75.8 Å². The highest BCUT2D eigenvalue weighted by molar-refractivity contribution is 7.80. The van der Waals surface area contributed by atoms with Gasteiger partial charge in [0.2, 0.25) is 0 Å². The second kappa shape index (κ2) is 6.78. The van der Waals surface area contributed by atoms with Crippen LogP contribution in [0.3, 0.4) is 0 Å². The summed E-state index contributed by atoms with van der Waals surface area (Å²) < 4.78 is 5.50. The van der Waals surface area contributed by atoms with Crippen molar-refractivity contribution in [2.45, 2.75) is 19.1 Å². The molecule has 5 nitrogen and oxygen atoms in total. The molecule has 0 aromatic heterocycles. The van der Waals surface area contributed by atoms with E-state index >= 15 is 0 Å². The van der Waals surface area contributed by atoms with Crippen molar-refractivity contribution in [2.24, 2.45) is 5.73 Å². The average Bonchev–Trinajstić information content (AvgIpc) is 2.41. The Morgan fingerprint density at radius 2 is 2.15 bits per heavy atom. The van der Waals surface area contributed by atoms with E-state index in [4.69, 9.17) is 27.8 Å². The van der Waals surface area contributed by atoms with Gasteiger partial charge in [-0.1, -0.05) is 36.5 Å². The number of carboxylic acid groups (broad SMARTS) is 1. The molecule has 3 N–H and O–H groups in total. The summed E-state index contributed by atoms with van der Waals surface area (Å²) in [7, 11) is 0. The van der Waals surface area contributed by atoms with Crippen LogP contribution in [0.5, 0.6) is 0 Å². The van der Waals surface area contributed by atoms with E-state index in [1.54, 1.807) is 0 Å². The van der Waals surface area contributed by atoms with Gasteiger partial charge >= 0.3 is 5.97 Å². The SMILES string of the molecule is NC(=S)C1CN(Cc2ccccc2CC(=O)O)CCO1. The van der Waals surface area contributed by atoms with Crippen LogP contribution in [0.25, 0.3) is 0 Å². The number of carbonyl (C=O) groups is 1. The highest BCUT2D eigenvalue weighted by Crippen LogP contribution is 2.15.